The van der Waals surface area contributed by atoms with E-state index in [4.69, 9.17) is 8.83 Å². The van der Waals surface area contributed by atoms with Crippen molar-refractivity contribution in [3.63, 3.8) is 0 Å². The summed E-state index contributed by atoms with van der Waals surface area (Å²) < 4.78 is 64.3. The first-order valence-electron chi connectivity index (χ1n) is 8.47. The number of sulfonamides is 1. The molecule has 4 rings (SSSR count). The molecule has 11 heteroatoms. The zero-order valence-corrected chi connectivity index (χ0v) is 15.4. The van der Waals surface area contributed by atoms with Gasteiger partial charge in [0.1, 0.15) is 16.5 Å². The van der Waals surface area contributed by atoms with Crippen molar-refractivity contribution in [2.75, 3.05) is 26.2 Å². The minimum atomic E-state index is -4.11. The fraction of sp³-hybridized carbons (Fsp3) is 0.294. The maximum Gasteiger partial charge on any atom is 0.283 e. The molecule has 1 saturated heterocycles. The predicted molar refractivity (Wildman–Crippen MR) is 92.4 cm³/mol. The normalized spacial score (nSPS) is 16.5. The molecule has 1 aliphatic rings. The molecule has 0 spiro atoms. The van der Waals surface area contributed by atoms with E-state index in [-0.39, 0.29) is 19.0 Å². The number of nitrogens with zero attached hydrogens (tertiary/aromatic N) is 4. The van der Waals surface area contributed by atoms with E-state index in [1.165, 1.54) is 6.26 Å². The topological polar surface area (TPSA) is 92.7 Å². The molecule has 0 unspecified atom stereocenters. The van der Waals surface area contributed by atoms with Gasteiger partial charge in [0.05, 0.1) is 12.8 Å². The van der Waals surface area contributed by atoms with E-state index in [0.29, 0.717) is 37.4 Å². The minimum Gasteiger partial charge on any atom is -0.459 e. The second-order valence-electron chi connectivity index (χ2n) is 6.23. The predicted octanol–water partition coefficient (Wildman–Crippen LogP) is 2.11. The van der Waals surface area contributed by atoms with Crippen LogP contribution in [-0.2, 0) is 16.6 Å². The van der Waals surface area contributed by atoms with Crippen molar-refractivity contribution >= 4 is 10.0 Å². The molecular weight excluding hydrogens is 394 g/mol. The van der Waals surface area contributed by atoms with Gasteiger partial charge in [0, 0.05) is 26.2 Å². The number of hydrogen-bond donors (Lipinski definition) is 0. The molecule has 148 valence electrons. The van der Waals surface area contributed by atoms with Crippen molar-refractivity contribution in [2.24, 2.45) is 0 Å². The maximum absolute atomic E-state index is 13.9. The Bertz CT molecular complexity index is 1060. The standard InChI is InChI=1S/C17H16F2N4O4S/c18-12-3-4-13(19)15(10-12)28(24,25)23-7-5-22(6-8-23)11-16-20-21-17(27-16)14-2-1-9-26-14/h1-4,9-10H,5-8,11H2. The number of hydrogen-bond acceptors (Lipinski definition) is 7. The summed E-state index contributed by atoms with van der Waals surface area (Å²) in [5.41, 5.74) is 0. The maximum atomic E-state index is 13.9. The Morgan fingerprint density at radius 2 is 1.86 bits per heavy atom. The smallest absolute Gasteiger partial charge is 0.283 e. The molecule has 0 atom stereocenters. The molecule has 0 aliphatic carbocycles. The lowest BCUT2D eigenvalue weighted by Crippen LogP contribution is -2.48. The zero-order chi connectivity index (χ0) is 19.7. The summed E-state index contributed by atoms with van der Waals surface area (Å²) >= 11 is 0. The Kier molecular flexibility index (Phi) is 4.96. The van der Waals surface area contributed by atoms with Gasteiger partial charge in [-0.2, -0.15) is 4.31 Å². The van der Waals surface area contributed by atoms with Crippen LogP contribution in [-0.4, -0.2) is 54.0 Å². The van der Waals surface area contributed by atoms with Gasteiger partial charge in [-0.25, -0.2) is 17.2 Å². The van der Waals surface area contributed by atoms with Crippen molar-refractivity contribution in [2.45, 2.75) is 11.4 Å². The van der Waals surface area contributed by atoms with Crippen LogP contribution in [0.4, 0.5) is 8.78 Å². The third-order valence-corrected chi connectivity index (χ3v) is 6.31. The van der Waals surface area contributed by atoms with Crippen LogP contribution in [0.25, 0.3) is 11.7 Å². The fourth-order valence-electron chi connectivity index (χ4n) is 2.95. The molecule has 0 amide bonds. The molecule has 1 aliphatic heterocycles. The van der Waals surface area contributed by atoms with E-state index < -0.39 is 26.6 Å². The number of furan rings is 1. The lowest BCUT2D eigenvalue weighted by atomic mass is 10.3. The largest absolute Gasteiger partial charge is 0.459 e. The average Bonchev–Trinajstić information content (AvgIpc) is 3.36. The molecule has 3 aromatic rings. The van der Waals surface area contributed by atoms with Crippen molar-refractivity contribution in [3.8, 4) is 11.7 Å². The molecule has 0 bridgehead atoms. The third kappa shape index (κ3) is 3.68. The van der Waals surface area contributed by atoms with Gasteiger partial charge in [0.2, 0.25) is 15.9 Å². The molecular formula is C17H16F2N4O4S. The van der Waals surface area contributed by atoms with Gasteiger partial charge >= 0.3 is 0 Å². The second-order valence-corrected chi connectivity index (χ2v) is 8.14. The number of benzene rings is 1. The molecule has 28 heavy (non-hydrogen) atoms. The van der Waals surface area contributed by atoms with Crippen LogP contribution >= 0.6 is 0 Å². The van der Waals surface area contributed by atoms with Crippen LogP contribution in [0.15, 0.2) is 50.3 Å². The summed E-state index contributed by atoms with van der Waals surface area (Å²) in [6.45, 7) is 1.38. The highest BCUT2D eigenvalue weighted by Crippen LogP contribution is 2.23. The Labute approximate surface area is 159 Å². The van der Waals surface area contributed by atoms with Crippen molar-refractivity contribution < 1.29 is 26.0 Å². The molecule has 0 radical (unpaired) electrons. The van der Waals surface area contributed by atoms with Crippen LogP contribution in [0.5, 0.6) is 0 Å². The third-order valence-electron chi connectivity index (χ3n) is 4.40. The number of aromatic nitrogens is 2. The number of rotatable bonds is 5. The Balaban J connectivity index is 1.40. The second kappa shape index (κ2) is 7.41. The van der Waals surface area contributed by atoms with Gasteiger partial charge in [0.25, 0.3) is 5.89 Å². The lowest BCUT2D eigenvalue weighted by molar-refractivity contribution is 0.168. The van der Waals surface area contributed by atoms with Crippen LogP contribution in [0.2, 0.25) is 0 Å². The highest BCUT2D eigenvalue weighted by atomic mass is 32.2. The van der Waals surface area contributed by atoms with Crippen molar-refractivity contribution in [3.05, 3.63) is 54.1 Å². The number of piperazine rings is 1. The summed E-state index contributed by atoms with van der Waals surface area (Å²) in [6, 6.07) is 5.80. The minimum absolute atomic E-state index is 0.136. The highest BCUT2D eigenvalue weighted by Gasteiger charge is 2.31. The van der Waals surface area contributed by atoms with E-state index in [2.05, 4.69) is 10.2 Å². The summed E-state index contributed by atoms with van der Waals surface area (Å²) in [6.07, 6.45) is 1.50. The molecule has 1 aromatic carbocycles. The van der Waals surface area contributed by atoms with E-state index in [1.54, 1.807) is 12.1 Å². The van der Waals surface area contributed by atoms with Gasteiger partial charge in [-0.1, -0.05) is 0 Å². The average molecular weight is 410 g/mol. The van der Waals surface area contributed by atoms with Gasteiger partial charge in [-0.15, -0.1) is 10.2 Å². The van der Waals surface area contributed by atoms with Gasteiger partial charge < -0.3 is 8.83 Å². The zero-order valence-electron chi connectivity index (χ0n) is 14.6. The lowest BCUT2D eigenvalue weighted by Gasteiger charge is -2.33. The first-order valence-corrected chi connectivity index (χ1v) is 9.91. The first-order chi connectivity index (χ1) is 13.4. The summed E-state index contributed by atoms with van der Waals surface area (Å²) in [5, 5.41) is 7.88. The Morgan fingerprint density at radius 3 is 2.57 bits per heavy atom. The summed E-state index contributed by atoms with van der Waals surface area (Å²) in [4.78, 5) is 1.29. The molecule has 8 nitrogen and oxygen atoms in total. The van der Waals surface area contributed by atoms with Gasteiger partial charge in [-0.05, 0) is 30.3 Å². The van der Waals surface area contributed by atoms with Gasteiger partial charge in [-0.3, -0.25) is 4.90 Å². The summed E-state index contributed by atoms with van der Waals surface area (Å²) in [7, 11) is -4.11. The van der Waals surface area contributed by atoms with Crippen molar-refractivity contribution in [1.82, 2.24) is 19.4 Å². The van der Waals surface area contributed by atoms with E-state index in [9.17, 15) is 17.2 Å². The Hall–Kier alpha value is -2.63. The van der Waals surface area contributed by atoms with E-state index in [1.807, 2.05) is 4.90 Å². The molecule has 0 N–H and O–H groups in total. The molecule has 2 aromatic heterocycles. The monoisotopic (exact) mass is 410 g/mol. The first kappa shape index (κ1) is 18.7. The van der Waals surface area contributed by atoms with E-state index in [0.717, 1.165) is 16.4 Å². The number of halogens is 2. The quantitative estimate of drug-likeness (QED) is 0.636. The molecule has 3 heterocycles. The van der Waals surface area contributed by atoms with E-state index >= 15 is 0 Å². The molecule has 0 saturated carbocycles. The van der Waals surface area contributed by atoms with Crippen LogP contribution in [0, 0.1) is 11.6 Å². The van der Waals surface area contributed by atoms with Crippen molar-refractivity contribution in [1.29, 1.82) is 0 Å². The van der Waals surface area contributed by atoms with Crippen LogP contribution < -0.4 is 0 Å². The van der Waals surface area contributed by atoms with Gasteiger partial charge in [0.15, 0.2) is 5.76 Å². The Morgan fingerprint density at radius 1 is 1.07 bits per heavy atom. The summed E-state index contributed by atoms with van der Waals surface area (Å²) in [5.74, 6) is -0.670. The van der Waals surface area contributed by atoms with Crippen LogP contribution in [0.3, 0.4) is 0 Å². The fourth-order valence-corrected chi connectivity index (χ4v) is 4.45. The van der Waals surface area contributed by atoms with Crippen LogP contribution in [0.1, 0.15) is 5.89 Å². The highest BCUT2D eigenvalue weighted by molar-refractivity contribution is 7.89. The SMILES string of the molecule is O=S(=O)(c1cc(F)ccc1F)N1CCN(Cc2nnc(-c3ccco3)o2)CC1. The molecule has 1 fully saturated rings.